The van der Waals surface area contributed by atoms with E-state index in [4.69, 9.17) is 10.5 Å². The van der Waals surface area contributed by atoms with Gasteiger partial charge in [0.05, 0.1) is 7.11 Å². The zero-order valence-corrected chi connectivity index (χ0v) is 11.4. The third-order valence-corrected chi connectivity index (χ3v) is 4.05. The summed E-state index contributed by atoms with van der Waals surface area (Å²) in [5.74, 6) is 1.87. The molecular formula is C16H25NO. The average molecular weight is 247 g/mol. The smallest absolute Gasteiger partial charge is 0.119 e. The molecule has 1 aliphatic rings. The molecule has 0 radical (unpaired) electrons. The number of hydrogen-bond acceptors (Lipinski definition) is 2. The zero-order chi connectivity index (χ0) is 12.8. The Bertz CT molecular complexity index is 358. The van der Waals surface area contributed by atoms with Crippen molar-refractivity contribution >= 4 is 0 Å². The predicted octanol–water partition coefficient (Wildman–Crippen LogP) is 3.54. The molecule has 18 heavy (non-hydrogen) atoms. The molecule has 0 saturated heterocycles. The Morgan fingerprint density at radius 3 is 2.83 bits per heavy atom. The minimum Gasteiger partial charge on any atom is -0.497 e. The minimum atomic E-state index is 0.290. The fourth-order valence-electron chi connectivity index (χ4n) is 2.95. The van der Waals surface area contributed by atoms with Crippen LogP contribution in [0.2, 0.25) is 0 Å². The summed E-state index contributed by atoms with van der Waals surface area (Å²) in [5, 5.41) is 0. The standard InChI is InChI=1S/C16H25NO/c1-18-16-8-4-7-14(12-16)11-15(17)10-9-13-5-2-3-6-13/h4,7-8,12-13,15H,2-3,5-6,9-11,17H2,1H3. The van der Waals surface area contributed by atoms with Crippen LogP contribution in [0.25, 0.3) is 0 Å². The Labute approximate surface area is 111 Å². The van der Waals surface area contributed by atoms with Gasteiger partial charge in [0, 0.05) is 6.04 Å². The molecule has 0 bridgehead atoms. The van der Waals surface area contributed by atoms with Gasteiger partial charge in [-0.25, -0.2) is 0 Å². The Morgan fingerprint density at radius 2 is 2.11 bits per heavy atom. The molecule has 0 heterocycles. The summed E-state index contributed by atoms with van der Waals surface area (Å²) in [5.41, 5.74) is 7.52. The van der Waals surface area contributed by atoms with Crippen LogP contribution in [0.4, 0.5) is 0 Å². The van der Waals surface area contributed by atoms with Gasteiger partial charge in [0.2, 0.25) is 0 Å². The van der Waals surface area contributed by atoms with Crippen LogP contribution >= 0.6 is 0 Å². The topological polar surface area (TPSA) is 35.2 Å². The van der Waals surface area contributed by atoms with E-state index in [1.807, 2.05) is 12.1 Å². The van der Waals surface area contributed by atoms with Crippen molar-refractivity contribution in [2.24, 2.45) is 11.7 Å². The second kappa shape index (κ2) is 6.79. The lowest BCUT2D eigenvalue weighted by Gasteiger charge is -2.15. The first-order chi connectivity index (χ1) is 8.78. The molecule has 1 atom stereocenters. The van der Waals surface area contributed by atoms with E-state index in [0.29, 0.717) is 0 Å². The highest BCUT2D eigenvalue weighted by Crippen LogP contribution is 2.29. The fraction of sp³-hybridized carbons (Fsp3) is 0.625. The summed E-state index contributed by atoms with van der Waals surface area (Å²) in [7, 11) is 1.71. The number of rotatable bonds is 6. The highest BCUT2D eigenvalue weighted by atomic mass is 16.5. The van der Waals surface area contributed by atoms with Gasteiger partial charge in [-0.15, -0.1) is 0 Å². The molecule has 1 aliphatic carbocycles. The maximum atomic E-state index is 6.23. The molecule has 2 heteroatoms. The Morgan fingerprint density at radius 1 is 1.33 bits per heavy atom. The maximum Gasteiger partial charge on any atom is 0.119 e. The molecule has 0 aromatic heterocycles. The minimum absolute atomic E-state index is 0.290. The molecular weight excluding hydrogens is 222 g/mol. The summed E-state index contributed by atoms with van der Waals surface area (Å²) >= 11 is 0. The third-order valence-electron chi connectivity index (χ3n) is 4.05. The molecule has 100 valence electrons. The third kappa shape index (κ3) is 4.02. The molecule has 1 fully saturated rings. The lowest BCUT2D eigenvalue weighted by Crippen LogP contribution is -2.23. The van der Waals surface area contributed by atoms with E-state index >= 15 is 0 Å². The van der Waals surface area contributed by atoms with Crippen molar-refractivity contribution in [1.82, 2.24) is 0 Å². The van der Waals surface area contributed by atoms with Crippen LogP contribution < -0.4 is 10.5 Å². The molecule has 0 spiro atoms. The first-order valence-electron chi connectivity index (χ1n) is 7.16. The molecule has 2 rings (SSSR count). The largest absolute Gasteiger partial charge is 0.497 e. The Hall–Kier alpha value is -1.02. The van der Waals surface area contributed by atoms with Crippen molar-refractivity contribution < 1.29 is 4.74 Å². The molecule has 0 amide bonds. The predicted molar refractivity (Wildman–Crippen MR) is 75.9 cm³/mol. The number of benzene rings is 1. The SMILES string of the molecule is COc1cccc(CC(N)CCC2CCCC2)c1. The monoisotopic (exact) mass is 247 g/mol. The van der Waals surface area contributed by atoms with Crippen LogP contribution in [-0.2, 0) is 6.42 Å². The molecule has 1 aromatic carbocycles. The lowest BCUT2D eigenvalue weighted by atomic mass is 9.95. The lowest BCUT2D eigenvalue weighted by molar-refractivity contribution is 0.413. The fourth-order valence-corrected chi connectivity index (χ4v) is 2.95. The summed E-state index contributed by atoms with van der Waals surface area (Å²) in [4.78, 5) is 0. The Kier molecular flexibility index (Phi) is 5.06. The number of methoxy groups -OCH3 is 1. The van der Waals surface area contributed by atoms with Crippen molar-refractivity contribution in [2.45, 2.75) is 51.0 Å². The number of hydrogen-bond donors (Lipinski definition) is 1. The van der Waals surface area contributed by atoms with E-state index in [1.54, 1.807) is 7.11 Å². The van der Waals surface area contributed by atoms with Crippen molar-refractivity contribution in [1.29, 1.82) is 0 Å². The summed E-state index contributed by atoms with van der Waals surface area (Å²) in [6.07, 6.45) is 9.13. The van der Waals surface area contributed by atoms with E-state index in [0.717, 1.165) is 24.5 Å². The first-order valence-corrected chi connectivity index (χ1v) is 7.16. The van der Waals surface area contributed by atoms with Gasteiger partial charge < -0.3 is 10.5 Å². The second-order valence-electron chi connectivity index (χ2n) is 5.54. The van der Waals surface area contributed by atoms with E-state index in [2.05, 4.69) is 12.1 Å². The van der Waals surface area contributed by atoms with Gasteiger partial charge in [-0.1, -0.05) is 37.8 Å². The van der Waals surface area contributed by atoms with E-state index in [1.165, 1.54) is 37.7 Å². The molecule has 1 aromatic rings. The van der Waals surface area contributed by atoms with E-state index < -0.39 is 0 Å². The quantitative estimate of drug-likeness (QED) is 0.834. The van der Waals surface area contributed by atoms with Crippen molar-refractivity contribution in [3.8, 4) is 5.75 Å². The summed E-state index contributed by atoms with van der Waals surface area (Å²) in [6, 6.07) is 8.54. The van der Waals surface area contributed by atoms with Crippen molar-refractivity contribution in [3.63, 3.8) is 0 Å². The molecule has 2 nitrogen and oxygen atoms in total. The highest BCUT2D eigenvalue weighted by Gasteiger charge is 2.16. The van der Waals surface area contributed by atoms with Crippen molar-refractivity contribution in [2.75, 3.05) is 7.11 Å². The summed E-state index contributed by atoms with van der Waals surface area (Å²) in [6.45, 7) is 0. The molecule has 2 N–H and O–H groups in total. The first kappa shape index (κ1) is 13.4. The molecule has 1 saturated carbocycles. The van der Waals surface area contributed by atoms with Gasteiger partial charge in [-0.05, 0) is 42.9 Å². The van der Waals surface area contributed by atoms with Crippen LogP contribution in [0.5, 0.6) is 5.75 Å². The van der Waals surface area contributed by atoms with Crippen LogP contribution in [-0.4, -0.2) is 13.2 Å². The van der Waals surface area contributed by atoms with Crippen LogP contribution in [0.3, 0.4) is 0 Å². The van der Waals surface area contributed by atoms with E-state index in [-0.39, 0.29) is 6.04 Å². The Balaban J connectivity index is 1.76. The maximum absolute atomic E-state index is 6.23. The van der Waals surface area contributed by atoms with Gasteiger partial charge in [0.25, 0.3) is 0 Å². The van der Waals surface area contributed by atoms with Crippen LogP contribution in [0.15, 0.2) is 24.3 Å². The highest BCUT2D eigenvalue weighted by molar-refractivity contribution is 5.28. The molecule has 1 unspecified atom stereocenters. The number of nitrogens with two attached hydrogens (primary N) is 1. The van der Waals surface area contributed by atoms with Gasteiger partial charge >= 0.3 is 0 Å². The van der Waals surface area contributed by atoms with Crippen LogP contribution in [0, 0.1) is 5.92 Å². The van der Waals surface area contributed by atoms with Gasteiger partial charge in [0.1, 0.15) is 5.75 Å². The van der Waals surface area contributed by atoms with E-state index in [9.17, 15) is 0 Å². The molecule has 0 aliphatic heterocycles. The normalized spacial score (nSPS) is 17.9. The summed E-state index contributed by atoms with van der Waals surface area (Å²) < 4.78 is 5.24. The van der Waals surface area contributed by atoms with Gasteiger partial charge in [0.15, 0.2) is 0 Å². The zero-order valence-electron chi connectivity index (χ0n) is 11.4. The van der Waals surface area contributed by atoms with Gasteiger partial charge in [-0.2, -0.15) is 0 Å². The van der Waals surface area contributed by atoms with Gasteiger partial charge in [-0.3, -0.25) is 0 Å². The van der Waals surface area contributed by atoms with Crippen LogP contribution in [0.1, 0.15) is 44.1 Å². The van der Waals surface area contributed by atoms with Crippen molar-refractivity contribution in [3.05, 3.63) is 29.8 Å². The average Bonchev–Trinajstić information content (AvgIpc) is 2.90. The number of ether oxygens (including phenoxy) is 1. The second-order valence-corrected chi connectivity index (χ2v) is 5.54.